The van der Waals surface area contributed by atoms with Crippen LogP contribution in [-0.4, -0.2) is 43.9 Å². The van der Waals surface area contributed by atoms with Gasteiger partial charge in [-0.2, -0.15) is 0 Å². The first kappa shape index (κ1) is 19.0. The molecule has 0 aromatic heterocycles. The number of methoxy groups -OCH3 is 1. The van der Waals surface area contributed by atoms with Crippen molar-refractivity contribution in [1.29, 1.82) is 0 Å². The van der Waals surface area contributed by atoms with Gasteiger partial charge in [-0.25, -0.2) is 0 Å². The van der Waals surface area contributed by atoms with Crippen molar-refractivity contribution in [1.82, 2.24) is 5.32 Å². The fraction of sp³-hybridized carbons (Fsp3) is 0.529. The molecular weight excluding hydrogens is 298 g/mol. The molecule has 1 aromatic carbocycles. The Balaban J connectivity index is 2.58. The van der Waals surface area contributed by atoms with Crippen molar-refractivity contribution < 1.29 is 24.2 Å². The van der Waals surface area contributed by atoms with Gasteiger partial charge in [-0.3, -0.25) is 9.59 Å². The number of carboxylic acid groups (broad SMARTS) is 1. The van der Waals surface area contributed by atoms with Gasteiger partial charge in [0.15, 0.2) is 0 Å². The van der Waals surface area contributed by atoms with Crippen LogP contribution in [0.25, 0.3) is 0 Å². The second-order valence-electron chi connectivity index (χ2n) is 5.42. The number of ether oxygens (including phenoxy) is 2. The Morgan fingerprint density at radius 2 is 1.91 bits per heavy atom. The Morgan fingerprint density at radius 1 is 1.26 bits per heavy atom. The number of carbonyl (C=O) groups is 2. The highest BCUT2D eigenvalue weighted by Crippen LogP contribution is 2.15. The molecule has 1 rings (SSSR count). The molecule has 1 aromatic rings. The van der Waals surface area contributed by atoms with Gasteiger partial charge in [0, 0.05) is 13.7 Å². The zero-order chi connectivity index (χ0) is 17.2. The van der Waals surface area contributed by atoms with E-state index >= 15 is 0 Å². The molecule has 0 spiro atoms. The predicted molar refractivity (Wildman–Crippen MR) is 86.5 cm³/mol. The zero-order valence-corrected chi connectivity index (χ0v) is 13.9. The molecular formula is C17H25NO5. The van der Waals surface area contributed by atoms with Gasteiger partial charge in [0.2, 0.25) is 5.91 Å². The van der Waals surface area contributed by atoms with Gasteiger partial charge in [0.25, 0.3) is 0 Å². The van der Waals surface area contributed by atoms with Gasteiger partial charge in [0.05, 0.1) is 25.0 Å². The quantitative estimate of drug-likeness (QED) is 0.685. The van der Waals surface area contributed by atoms with Crippen molar-refractivity contribution >= 4 is 11.9 Å². The average Bonchev–Trinajstić information content (AvgIpc) is 2.52. The Hall–Kier alpha value is -2.08. The zero-order valence-electron chi connectivity index (χ0n) is 13.9. The molecule has 0 fully saturated rings. The van der Waals surface area contributed by atoms with Crippen LogP contribution in [0.4, 0.5) is 0 Å². The van der Waals surface area contributed by atoms with Gasteiger partial charge >= 0.3 is 5.97 Å². The third-order valence-corrected chi connectivity index (χ3v) is 3.45. The Morgan fingerprint density at radius 3 is 2.43 bits per heavy atom. The Kier molecular flexibility index (Phi) is 8.11. The number of hydrogen-bond donors (Lipinski definition) is 2. The van der Waals surface area contributed by atoms with Crippen LogP contribution in [0, 0.1) is 11.8 Å². The molecule has 23 heavy (non-hydrogen) atoms. The topological polar surface area (TPSA) is 84.9 Å². The average molecular weight is 323 g/mol. The van der Waals surface area contributed by atoms with Crippen molar-refractivity contribution in [2.24, 2.45) is 11.8 Å². The molecule has 0 aliphatic heterocycles. The maximum Gasteiger partial charge on any atom is 0.308 e. The van der Waals surface area contributed by atoms with E-state index in [9.17, 15) is 14.7 Å². The van der Waals surface area contributed by atoms with Gasteiger partial charge in [0.1, 0.15) is 5.75 Å². The van der Waals surface area contributed by atoms with Gasteiger partial charge in [-0.05, 0) is 31.0 Å². The van der Waals surface area contributed by atoms with E-state index in [0.29, 0.717) is 19.6 Å². The number of benzene rings is 1. The highest BCUT2D eigenvalue weighted by atomic mass is 16.5. The van der Waals surface area contributed by atoms with Crippen LogP contribution in [0.5, 0.6) is 5.75 Å². The first-order chi connectivity index (χ1) is 11.0. The van der Waals surface area contributed by atoms with Crippen LogP contribution in [0.15, 0.2) is 24.3 Å². The van der Waals surface area contributed by atoms with Crippen LogP contribution in [-0.2, 0) is 20.7 Å². The van der Waals surface area contributed by atoms with Crippen molar-refractivity contribution in [2.75, 3.05) is 26.9 Å². The SMILES string of the molecule is CCOc1ccc(CC(CNC(=O)C(C)COC)C(=O)O)cc1. The third kappa shape index (κ3) is 6.69. The molecule has 0 aliphatic carbocycles. The Bertz CT molecular complexity index is 500. The first-order valence-electron chi connectivity index (χ1n) is 7.69. The van der Waals surface area contributed by atoms with E-state index in [0.717, 1.165) is 11.3 Å². The summed E-state index contributed by atoms with van der Waals surface area (Å²) in [5.74, 6) is -1.36. The molecule has 0 heterocycles. The van der Waals surface area contributed by atoms with E-state index in [1.165, 1.54) is 7.11 Å². The summed E-state index contributed by atoms with van der Waals surface area (Å²) >= 11 is 0. The highest BCUT2D eigenvalue weighted by molar-refractivity contribution is 5.79. The van der Waals surface area contributed by atoms with Crippen LogP contribution in [0.2, 0.25) is 0 Å². The summed E-state index contributed by atoms with van der Waals surface area (Å²) in [4.78, 5) is 23.2. The van der Waals surface area contributed by atoms with E-state index in [4.69, 9.17) is 9.47 Å². The maximum atomic E-state index is 11.8. The third-order valence-electron chi connectivity index (χ3n) is 3.45. The van der Waals surface area contributed by atoms with Crippen molar-refractivity contribution in [3.63, 3.8) is 0 Å². The smallest absolute Gasteiger partial charge is 0.308 e. The molecule has 0 saturated carbocycles. The van der Waals surface area contributed by atoms with Gasteiger partial charge < -0.3 is 19.9 Å². The molecule has 6 nitrogen and oxygen atoms in total. The van der Waals surface area contributed by atoms with E-state index < -0.39 is 11.9 Å². The fourth-order valence-electron chi connectivity index (χ4n) is 2.14. The first-order valence-corrected chi connectivity index (χ1v) is 7.69. The largest absolute Gasteiger partial charge is 0.494 e. The monoisotopic (exact) mass is 323 g/mol. The van der Waals surface area contributed by atoms with Crippen LogP contribution < -0.4 is 10.1 Å². The van der Waals surface area contributed by atoms with Crippen molar-refractivity contribution in [2.45, 2.75) is 20.3 Å². The lowest BCUT2D eigenvalue weighted by Gasteiger charge is -2.16. The number of aliphatic carboxylic acids is 1. The van der Waals surface area contributed by atoms with Crippen molar-refractivity contribution in [3.8, 4) is 5.75 Å². The lowest BCUT2D eigenvalue weighted by molar-refractivity contribution is -0.141. The van der Waals surface area contributed by atoms with Crippen LogP contribution >= 0.6 is 0 Å². The lowest BCUT2D eigenvalue weighted by atomic mass is 9.99. The highest BCUT2D eigenvalue weighted by Gasteiger charge is 2.20. The van der Waals surface area contributed by atoms with E-state index in [-0.39, 0.29) is 18.4 Å². The number of amides is 1. The molecule has 0 radical (unpaired) electrons. The number of rotatable bonds is 10. The maximum absolute atomic E-state index is 11.8. The molecule has 2 unspecified atom stereocenters. The second-order valence-corrected chi connectivity index (χ2v) is 5.42. The summed E-state index contributed by atoms with van der Waals surface area (Å²) in [6.45, 7) is 4.63. The molecule has 1 amide bonds. The fourth-order valence-corrected chi connectivity index (χ4v) is 2.14. The molecule has 0 saturated heterocycles. The standard InChI is InChI=1S/C17H25NO5/c1-4-23-15-7-5-13(6-8-15)9-14(17(20)21)10-18-16(19)12(2)11-22-3/h5-8,12,14H,4,9-11H2,1-3H3,(H,18,19)(H,20,21). The van der Waals surface area contributed by atoms with Crippen LogP contribution in [0.1, 0.15) is 19.4 Å². The number of carbonyl (C=O) groups excluding carboxylic acids is 1. The minimum Gasteiger partial charge on any atom is -0.494 e. The molecule has 6 heteroatoms. The van der Waals surface area contributed by atoms with E-state index in [1.54, 1.807) is 6.92 Å². The summed E-state index contributed by atoms with van der Waals surface area (Å²) in [7, 11) is 1.52. The molecule has 128 valence electrons. The summed E-state index contributed by atoms with van der Waals surface area (Å²) in [5, 5.41) is 12.0. The second kappa shape index (κ2) is 9.84. The number of nitrogens with one attached hydrogen (secondary N) is 1. The molecule has 0 aliphatic rings. The summed E-state index contributed by atoms with van der Waals surface area (Å²) in [6.07, 6.45) is 0.348. The number of hydrogen-bond acceptors (Lipinski definition) is 4. The van der Waals surface area contributed by atoms with Gasteiger partial charge in [-0.1, -0.05) is 19.1 Å². The summed E-state index contributed by atoms with van der Waals surface area (Å²) in [5.41, 5.74) is 0.889. The molecule has 0 bridgehead atoms. The van der Waals surface area contributed by atoms with Crippen molar-refractivity contribution in [3.05, 3.63) is 29.8 Å². The minimum absolute atomic E-state index is 0.0927. The molecule has 2 atom stereocenters. The predicted octanol–water partition coefficient (Wildman–Crippen LogP) is 1.73. The van der Waals surface area contributed by atoms with Gasteiger partial charge in [-0.15, -0.1) is 0 Å². The van der Waals surface area contributed by atoms with E-state index in [1.807, 2.05) is 31.2 Å². The van der Waals surface area contributed by atoms with Crippen LogP contribution in [0.3, 0.4) is 0 Å². The number of carboxylic acids is 1. The Labute approximate surface area is 136 Å². The van der Waals surface area contributed by atoms with E-state index in [2.05, 4.69) is 5.32 Å². The minimum atomic E-state index is -0.932. The summed E-state index contributed by atoms with van der Waals surface area (Å²) < 4.78 is 10.3. The lowest BCUT2D eigenvalue weighted by Crippen LogP contribution is -2.37. The summed E-state index contributed by atoms with van der Waals surface area (Å²) in [6, 6.07) is 7.32. The normalized spacial score (nSPS) is 13.2. The molecule has 2 N–H and O–H groups in total.